The Balaban J connectivity index is 5.21. The highest BCUT2D eigenvalue weighted by Crippen LogP contribution is 2.45. The first-order valence-corrected chi connectivity index (χ1v) is 43.2. The number of phosphoric acid groups is 2. The summed E-state index contributed by atoms with van der Waals surface area (Å²) < 4.78 is 68.5. The molecule has 0 aliphatic carbocycles. The van der Waals surface area contributed by atoms with Crippen LogP contribution in [0.2, 0.25) is 0 Å². The SMILES string of the molecule is CCCCCCCCCCCCCCCCCC(=O)OC[C@H](COP(=O)(O)OC[C@@H](O)COP(=O)(O)OC[C@@H](COC(=O)CCCCCCCCCC)OC(=O)CCCCCCCCCCCCCCCCC)OC(=O)CCCCCCCCCCCCCCCCC(C)CC. The van der Waals surface area contributed by atoms with Gasteiger partial charge in [0.1, 0.15) is 19.3 Å². The molecule has 3 N–H and O–H groups in total. The van der Waals surface area contributed by atoms with Crippen molar-refractivity contribution in [2.24, 2.45) is 5.92 Å². The van der Waals surface area contributed by atoms with Crippen LogP contribution in [0.5, 0.6) is 0 Å². The van der Waals surface area contributed by atoms with Crippen molar-refractivity contribution in [3.8, 4) is 0 Å². The van der Waals surface area contributed by atoms with Crippen molar-refractivity contribution in [1.82, 2.24) is 0 Å². The monoisotopic (exact) mass is 1410 g/mol. The maximum absolute atomic E-state index is 13.1. The van der Waals surface area contributed by atoms with Gasteiger partial charge in [-0.25, -0.2) is 9.13 Å². The fraction of sp³-hybridized carbons (Fsp3) is 0.948. The summed E-state index contributed by atoms with van der Waals surface area (Å²) in [5, 5.41) is 10.6. The molecule has 0 saturated heterocycles. The van der Waals surface area contributed by atoms with Crippen LogP contribution in [0, 0.1) is 5.92 Å². The standard InChI is InChI=1S/C77H150O17P2/c1-6-10-13-16-19-22-24-26-28-33-37-41-46-51-56-61-75(80)88-67-73(94-77(82)63-58-53-48-43-39-35-31-30-32-36-40-44-49-54-59-70(5)9-4)69-92-96(85,86)90-65-71(78)64-89-95(83,84)91-68-72(66-87-74(79)60-55-50-45-21-18-15-12-8-3)93-76(81)62-57-52-47-42-38-34-29-27-25-23-20-17-14-11-7-2/h70-73,78H,6-69H2,1-5H3,(H,83,84)(H,85,86)/t70?,71-,72+,73+/m0/s1. The summed E-state index contributed by atoms with van der Waals surface area (Å²) in [6.45, 7) is 7.34. The molecule has 17 nitrogen and oxygen atoms in total. The second-order valence-electron chi connectivity index (χ2n) is 28.0. The van der Waals surface area contributed by atoms with E-state index in [9.17, 15) is 43.2 Å². The molecule has 0 rings (SSSR count). The number of esters is 4. The highest BCUT2D eigenvalue weighted by Gasteiger charge is 2.30. The topological polar surface area (TPSA) is 237 Å². The zero-order chi connectivity index (χ0) is 70.5. The van der Waals surface area contributed by atoms with Gasteiger partial charge >= 0.3 is 39.5 Å². The normalized spacial score (nSPS) is 14.2. The molecule has 0 spiro atoms. The van der Waals surface area contributed by atoms with E-state index >= 15 is 0 Å². The van der Waals surface area contributed by atoms with Crippen LogP contribution in [0.1, 0.15) is 407 Å². The van der Waals surface area contributed by atoms with Gasteiger partial charge in [0.15, 0.2) is 12.2 Å². The zero-order valence-corrected chi connectivity index (χ0v) is 64.3. The molecule has 19 heteroatoms. The lowest BCUT2D eigenvalue weighted by molar-refractivity contribution is -0.161. The van der Waals surface area contributed by atoms with E-state index in [0.717, 1.165) is 102 Å². The number of phosphoric ester groups is 2. The zero-order valence-electron chi connectivity index (χ0n) is 62.5. The minimum Gasteiger partial charge on any atom is -0.462 e. The predicted molar refractivity (Wildman–Crippen MR) is 391 cm³/mol. The third-order valence-electron chi connectivity index (χ3n) is 18.4. The molecule has 0 aromatic rings. The van der Waals surface area contributed by atoms with Crippen molar-refractivity contribution < 1.29 is 80.2 Å². The molecule has 0 bridgehead atoms. The van der Waals surface area contributed by atoms with Gasteiger partial charge in [0, 0.05) is 25.7 Å². The first-order chi connectivity index (χ1) is 46.6. The van der Waals surface area contributed by atoms with E-state index < -0.39 is 97.5 Å². The van der Waals surface area contributed by atoms with E-state index in [-0.39, 0.29) is 25.7 Å². The molecule has 0 aliphatic heterocycles. The minimum absolute atomic E-state index is 0.108. The Bertz CT molecular complexity index is 1840. The van der Waals surface area contributed by atoms with Gasteiger partial charge < -0.3 is 33.8 Å². The van der Waals surface area contributed by atoms with Gasteiger partial charge in [-0.05, 0) is 31.6 Å². The van der Waals surface area contributed by atoms with Crippen molar-refractivity contribution in [3.63, 3.8) is 0 Å². The Morgan fingerprint density at radius 3 is 0.740 bits per heavy atom. The van der Waals surface area contributed by atoms with Crippen LogP contribution in [0.3, 0.4) is 0 Å². The van der Waals surface area contributed by atoms with Crippen molar-refractivity contribution in [2.75, 3.05) is 39.6 Å². The van der Waals surface area contributed by atoms with Gasteiger partial charge in [0.05, 0.1) is 26.4 Å². The second kappa shape index (κ2) is 70.1. The van der Waals surface area contributed by atoms with Crippen LogP contribution in [0.15, 0.2) is 0 Å². The summed E-state index contributed by atoms with van der Waals surface area (Å²) in [4.78, 5) is 72.8. The van der Waals surface area contributed by atoms with E-state index in [1.54, 1.807) is 0 Å². The third kappa shape index (κ3) is 69.2. The van der Waals surface area contributed by atoms with Crippen molar-refractivity contribution >= 4 is 39.5 Å². The number of rotatable bonds is 77. The smallest absolute Gasteiger partial charge is 0.462 e. The summed E-state index contributed by atoms with van der Waals surface area (Å²) in [6, 6.07) is 0. The van der Waals surface area contributed by atoms with E-state index in [1.165, 1.54) is 225 Å². The van der Waals surface area contributed by atoms with E-state index in [4.69, 9.17) is 37.0 Å². The number of aliphatic hydroxyl groups excluding tert-OH is 1. The molecule has 0 saturated carbocycles. The number of ether oxygens (including phenoxy) is 4. The Labute approximate surface area is 588 Å². The van der Waals surface area contributed by atoms with E-state index in [1.807, 2.05) is 0 Å². The molecule has 0 aromatic heterocycles. The molecule has 96 heavy (non-hydrogen) atoms. The lowest BCUT2D eigenvalue weighted by Gasteiger charge is -2.21. The van der Waals surface area contributed by atoms with Crippen LogP contribution in [-0.4, -0.2) is 96.7 Å². The largest absolute Gasteiger partial charge is 0.472 e. The van der Waals surface area contributed by atoms with Gasteiger partial charge in [0.25, 0.3) is 0 Å². The molecule has 0 amide bonds. The summed E-state index contributed by atoms with van der Waals surface area (Å²) in [5.74, 6) is -1.27. The van der Waals surface area contributed by atoms with Crippen LogP contribution in [0.4, 0.5) is 0 Å². The van der Waals surface area contributed by atoms with Crippen molar-refractivity contribution in [2.45, 2.75) is 425 Å². The lowest BCUT2D eigenvalue weighted by atomic mass is 9.99. The van der Waals surface area contributed by atoms with Crippen molar-refractivity contribution in [3.05, 3.63) is 0 Å². The Morgan fingerprint density at radius 1 is 0.292 bits per heavy atom. The van der Waals surface area contributed by atoms with Gasteiger partial charge in [-0.15, -0.1) is 0 Å². The maximum atomic E-state index is 13.1. The quantitative estimate of drug-likeness (QED) is 0.0222. The van der Waals surface area contributed by atoms with Crippen molar-refractivity contribution in [1.29, 1.82) is 0 Å². The van der Waals surface area contributed by atoms with Crippen LogP contribution in [0.25, 0.3) is 0 Å². The fourth-order valence-electron chi connectivity index (χ4n) is 11.8. The first kappa shape index (κ1) is 94.1. The fourth-order valence-corrected chi connectivity index (χ4v) is 13.4. The summed E-state index contributed by atoms with van der Waals surface area (Å²) in [5.41, 5.74) is 0. The number of hydrogen-bond acceptors (Lipinski definition) is 15. The number of hydrogen-bond donors (Lipinski definition) is 3. The van der Waals surface area contributed by atoms with Crippen LogP contribution < -0.4 is 0 Å². The molecule has 0 aromatic carbocycles. The molecule has 0 radical (unpaired) electrons. The molecular weight excluding hydrogens is 1260 g/mol. The van der Waals surface area contributed by atoms with Gasteiger partial charge in [-0.3, -0.25) is 37.3 Å². The summed E-state index contributed by atoms with van der Waals surface area (Å²) in [6.07, 6.45) is 59.5. The number of aliphatic hydroxyl groups is 1. The van der Waals surface area contributed by atoms with E-state index in [0.29, 0.717) is 25.7 Å². The highest BCUT2D eigenvalue weighted by molar-refractivity contribution is 7.47. The maximum Gasteiger partial charge on any atom is 0.472 e. The third-order valence-corrected chi connectivity index (χ3v) is 20.3. The van der Waals surface area contributed by atoms with Gasteiger partial charge in [-0.1, -0.05) is 356 Å². The first-order valence-electron chi connectivity index (χ1n) is 40.2. The number of unbranched alkanes of at least 4 members (excludes halogenated alkanes) is 48. The van der Waals surface area contributed by atoms with Gasteiger partial charge in [-0.2, -0.15) is 0 Å². The second-order valence-corrected chi connectivity index (χ2v) is 30.9. The average molecular weight is 1410 g/mol. The predicted octanol–water partition coefficient (Wildman–Crippen LogP) is 22.9. The number of carbonyl (C=O) groups is 4. The Hall–Kier alpha value is -1.94. The van der Waals surface area contributed by atoms with E-state index in [2.05, 4.69) is 34.6 Å². The molecular formula is C77H150O17P2. The van der Waals surface area contributed by atoms with Crippen LogP contribution >= 0.6 is 15.6 Å². The highest BCUT2D eigenvalue weighted by atomic mass is 31.2. The lowest BCUT2D eigenvalue weighted by Crippen LogP contribution is -2.30. The molecule has 0 aliphatic rings. The minimum atomic E-state index is -4.96. The summed E-state index contributed by atoms with van der Waals surface area (Å²) >= 11 is 0. The Morgan fingerprint density at radius 2 is 0.500 bits per heavy atom. The molecule has 0 heterocycles. The molecule has 0 fully saturated rings. The average Bonchev–Trinajstić information content (AvgIpc) is 2.42. The molecule has 570 valence electrons. The summed E-state index contributed by atoms with van der Waals surface area (Å²) in [7, 11) is -9.91. The van der Waals surface area contributed by atoms with Gasteiger partial charge in [0.2, 0.25) is 0 Å². The molecule has 6 atom stereocenters. The van der Waals surface area contributed by atoms with Crippen LogP contribution in [-0.2, 0) is 65.4 Å². The molecule has 3 unspecified atom stereocenters. The number of carbonyl (C=O) groups excluding carboxylic acids is 4. The Kier molecular flexibility index (Phi) is 68.7.